The maximum atomic E-state index is 6.51. The van der Waals surface area contributed by atoms with Gasteiger partial charge in [-0.25, -0.2) is 0 Å². The molecule has 0 bridgehead atoms. The summed E-state index contributed by atoms with van der Waals surface area (Å²) in [6, 6.07) is 0. The van der Waals surface area contributed by atoms with Crippen LogP contribution in [-0.4, -0.2) is 11.3 Å². The maximum Gasteiger partial charge on any atom is 0.105 e. The second-order valence-electron chi connectivity index (χ2n) is 1.01. The third kappa shape index (κ3) is 3.30. The second kappa shape index (κ2) is 4.26. The van der Waals surface area contributed by atoms with Crippen LogP contribution in [0.1, 0.15) is 0 Å². The summed E-state index contributed by atoms with van der Waals surface area (Å²) < 4.78 is 0. The van der Waals surface area contributed by atoms with Crippen LogP contribution in [-0.2, 0) is 0 Å². The van der Waals surface area contributed by atoms with Crippen molar-refractivity contribution in [2.45, 2.75) is 0 Å². The smallest absolute Gasteiger partial charge is 0.105 e. The molecule has 44 valence electrons. The quantitative estimate of drug-likeness (QED) is 0.212. The molecule has 8 heavy (non-hydrogen) atoms. The average molecular weight is 129 g/mol. The molecule has 0 saturated carbocycles. The van der Waals surface area contributed by atoms with Crippen LogP contribution >= 0.6 is 12.2 Å². The molecule has 0 spiro atoms. The monoisotopic (exact) mass is 129 g/mol. The summed E-state index contributed by atoms with van der Waals surface area (Å²) in [6.07, 6.45) is 3.82. The largest absolute Gasteiger partial charge is 0.405 e. The van der Waals surface area contributed by atoms with Crippen molar-refractivity contribution in [3.8, 4) is 0 Å². The van der Waals surface area contributed by atoms with Crippen LogP contribution in [0.3, 0.4) is 0 Å². The van der Waals surface area contributed by atoms with Gasteiger partial charge in [0.25, 0.3) is 0 Å². The molecule has 0 aliphatic rings. The molecule has 0 amide bonds. The highest BCUT2D eigenvalue weighted by atomic mass is 32.1. The first-order valence-corrected chi connectivity index (χ1v) is 2.40. The molecule has 0 aliphatic heterocycles. The van der Waals surface area contributed by atoms with Gasteiger partial charge in [-0.15, -0.1) is 0 Å². The van der Waals surface area contributed by atoms with E-state index in [-0.39, 0.29) is 0 Å². The first-order chi connectivity index (χ1) is 3.81. The summed E-state index contributed by atoms with van der Waals surface area (Å²) in [5, 5.41) is 8.97. The zero-order chi connectivity index (χ0) is 6.41. The van der Waals surface area contributed by atoms with E-state index in [0.717, 1.165) is 6.34 Å². The van der Waals surface area contributed by atoms with Gasteiger partial charge >= 0.3 is 0 Å². The number of nitrogens with one attached hydrogen (secondary N) is 2. The fourth-order valence-electron chi connectivity index (χ4n) is 0.207. The number of hydrogen-bond donors (Lipinski definition) is 3. The first kappa shape index (κ1) is 7.10. The molecule has 0 fully saturated rings. The number of thiocarbonyl (C=S) groups is 1. The molecule has 0 saturated heterocycles. The molecular formula is C4H7N3S. The summed E-state index contributed by atoms with van der Waals surface area (Å²) in [6.45, 7) is 0. The van der Waals surface area contributed by atoms with E-state index >= 15 is 0 Å². The van der Waals surface area contributed by atoms with Crippen molar-refractivity contribution in [1.29, 1.82) is 5.41 Å². The van der Waals surface area contributed by atoms with Crippen molar-refractivity contribution < 1.29 is 0 Å². The molecule has 4 heteroatoms. The van der Waals surface area contributed by atoms with Gasteiger partial charge in [-0.2, -0.15) is 0 Å². The van der Waals surface area contributed by atoms with Crippen LogP contribution in [0, 0.1) is 5.41 Å². The molecule has 0 atom stereocenters. The van der Waals surface area contributed by atoms with Crippen LogP contribution in [0.25, 0.3) is 0 Å². The molecule has 0 radical (unpaired) electrons. The molecule has 0 aromatic rings. The lowest BCUT2D eigenvalue weighted by atomic mass is 10.6. The van der Waals surface area contributed by atoms with Crippen LogP contribution in [0.15, 0.2) is 12.3 Å². The van der Waals surface area contributed by atoms with Gasteiger partial charge < -0.3 is 11.1 Å². The highest BCUT2D eigenvalue weighted by Gasteiger charge is 1.78. The van der Waals surface area contributed by atoms with Crippen molar-refractivity contribution in [3.63, 3.8) is 0 Å². The SMILES string of the molecule is N=CNC(=S)/C=C/N. The van der Waals surface area contributed by atoms with Crippen LogP contribution in [0.5, 0.6) is 0 Å². The number of rotatable bonds is 2. The van der Waals surface area contributed by atoms with Gasteiger partial charge in [-0.3, -0.25) is 5.41 Å². The zero-order valence-electron chi connectivity index (χ0n) is 4.22. The summed E-state index contributed by atoms with van der Waals surface area (Å²) >= 11 is 4.62. The highest BCUT2D eigenvalue weighted by Crippen LogP contribution is 1.68. The van der Waals surface area contributed by atoms with Crippen LogP contribution in [0.2, 0.25) is 0 Å². The molecule has 0 heterocycles. The Bertz CT molecular complexity index is 118. The maximum absolute atomic E-state index is 6.51. The lowest BCUT2D eigenvalue weighted by molar-refractivity contribution is 1.39. The predicted octanol–water partition coefficient (Wildman–Crippen LogP) is -0.0171. The van der Waals surface area contributed by atoms with Gasteiger partial charge in [0, 0.05) is 0 Å². The van der Waals surface area contributed by atoms with Crippen LogP contribution < -0.4 is 11.1 Å². The molecule has 0 rings (SSSR count). The van der Waals surface area contributed by atoms with Gasteiger partial charge in [0.2, 0.25) is 0 Å². The Balaban J connectivity index is 3.48. The summed E-state index contributed by atoms with van der Waals surface area (Å²) in [5.41, 5.74) is 4.98. The third-order valence-corrected chi connectivity index (χ3v) is 0.716. The van der Waals surface area contributed by atoms with E-state index in [2.05, 4.69) is 17.5 Å². The van der Waals surface area contributed by atoms with E-state index in [9.17, 15) is 0 Å². The highest BCUT2D eigenvalue weighted by molar-refractivity contribution is 7.80. The fraction of sp³-hybridized carbons (Fsp3) is 0. The summed E-state index contributed by atoms with van der Waals surface area (Å²) in [7, 11) is 0. The number of hydrogen-bond acceptors (Lipinski definition) is 3. The molecule has 4 N–H and O–H groups in total. The third-order valence-electron chi connectivity index (χ3n) is 0.462. The van der Waals surface area contributed by atoms with Gasteiger partial charge in [0.05, 0.1) is 6.34 Å². The van der Waals surface area contributed by atoms with E-state index < -0.39 is 0 Å². The zero-order valence-corrected chi connectivity index (χ0v) is 5.03. The van der Waals surface area contributed by atoms with Crippen molar-refractivity contribution in [2.24, 2.45) is 5.73 Å². The molecule has 0 aliphatic carbocycles. The average Bonchev–Trinajstić information content (AvgIpc) is 1.68. The minimum Gasteiger partial charge on any atom is -0.405 e. The first-order valence-electron chi connectivity index (χ1n) is 1.99. The molecule has 0 aromatic heterocycles. The van der Waals surface area contributed by atoms with E-state index in [4.69, 9.17) is 11.1 Å². The predicted molar refractivity (Wildman–Crippen MR) is 37.8 cm³/mol. The van der Waals surface area contributed by atoms with Crippen molar-refractivity contribution in [1.82, 2.24) is 5.32 Å². The van der Waals surface area contributed by atoms with E-state index in [1.54, 1.807) is 0 Å². The van der Waals surface area contributed by atoms with Gasteiger partial charge in [-0.05, 0) is 12.3 Å². The van der Waals surface area contributed by atoms with Crippen LogP contribution in [0.4, 0.5) is 0 Å². The topological polar surface area (TPSA) is 61.9 Å². The van der Waals surface area contributed by atoms with Gasteiger partial charge in [0.1, 0.15) is 4.99 Å². The van der Waals surface area contributed by atoms with Gasteiger partial charge in [-0.1, -0.05) is 12.2 Å². The standard InChI is InChI=1S/C4H7N3S/c5-2-1-4(8)7-3-6/h1-3H,5H2,(H2,6,7,8)/b2-1+. The van der Waals surface area contributed by atoms with Crippen molar-refractivity contribution >= 4 is 23.5 Å². The Morgan fingerprint density at radius 1 is 1.75 bits per heavy atom. The fourth-order valence-corrected chi connectivity index (χ4v) is 0.344. The number of nitrogens with two attached hydrogens (primary N) is 1. The Morgan fingerprint density at radius 3 is 2.75 bits per heavy atom. The normalized spacial score (nSPS) is 9.00. The second-order valence-corrected chi connectivity index (χ2v) is 1.45. The lowest BCUT2D eigenvalue weighted by Gasteiger charge is -1.89. The Kier molecular flexibility index (Phi) is 3.78. The lowest BCUT2D eigenvalue weighted by Crippen LogP contribution is -2.15. The van der Waals surface area contributed by atoms with E-state index in [0.29, 0.717) is 4.99 Å². The van der Waals surface area contributed by atoms with Crippen molar-refractivity contribution in [2.75, 3.05) is 0 Å². The molecular weight excluding hydrogens is 122 g/mol. The minimum absolute atomic E-state index is 0.447. The Morgan fingerprint density at radius 2 is 2.38 bits per heavy atom. The summed E-state index contributed by atoms with van der Waals surface area (Å²) in [4.78, 5) is 0.447. The Hall–Kier alpha value is -0.900. The molecule has 0 aromatic carbocycles. The molecule has 0 unspecified atom stereocenters. The minimum atomic E-state index is 0.447. The summed E-state index contributed by atoms with van der Waals surface area (Å²) in [5.74, 6) is 0. The molecule has 3 nitrogen and oxygen atoms in total. The van der Waals surface area contributed by atoms with Gasteiger partial charge in [0.15, 0.2) is 0 Å². The van der Waals surface area contributed by atoms with Crippen molar-refractivity contribution in [3.05, 3.63) is 12.3 Å². The van der Waals surface area contributed by atoms with E-state index in [1.807, 2.05) is 0 Å². The Labute approximate surface area is 53.1 Å². The van der Waals surface area contributed by atoms with E-state index in [1.165, 1.54) is 12.3 Å².